The van der Waals surface area contributed by atoms with Gasteiger partial charge in [0, 0.05) is 11.1 Å². The number of carbonyl (C=O) groups excluding carboxylic acids is 1. The summed E-state index contributed by atoms with van der Waals surface area (Å²) >= 11 is 1.18. The van der Waals surface area contributed by atoms with Gasteiger partial charge in [-0.3, -0.25) is 4.79 Å². The number of benzene rings is 2. The Balaban J connectivity index is 1.52. The lowest BCUT2D eigenvalue weighted by molar-refractivity contribution is -0.120. The quantitative estimate of drug-likeness (QED) is 0.571. The summed E-state index contributed by atoms with van der Waals surface area (Å²) < 4.78 is 23.5. The molecule has 160 valence electrons. The van der Waals surface area contributed by atoms with Crippen molar-refractivity contribution in [3.8, 4) is 22.5 Å². The number of amides is 1. The molecule has 31 heavy (non-hydrogen) atoms. The summed E-state index contributed by atoms with van der Waals surface area (Å²) in [5.74, 6) is -0.0958. The summed E-state index contributed by atoms with van der Waals surface area (Å²) in [6, 6.07) is 19.4. The second kappa shape index (κ2) is 8.76. The molecule has 1 aliphatic rings. The normalized spacial score (nSPS) is 19.8. The number of aromatic nitrogens is 3. The maximum absolute atomic E-state index is 12.4. The van der Waals surface area contributed by atoms with Crippen molar-refractivity contribution in [2.24, 2.45) is 0 Å². The van der Waals surface area contributed by atoms with E-state index in [0.717, 1.165) is 11.1 Å². The van der Waals surface area contributed by atoms with Crippen LogP contribution >= 0.6 is 11.8 Å². The van der Waals surface area contributed by atoms with E-state index in [1.54, 1.807) is 6.92 Å². The maximum atomic E-state index is 12.4. The van der Waals surface area contributed by atoms with Crippen molar-refractivity contribution in [2.45, 2.75) is 24.0 Å². The SMILES string of the molecule is C[C@]1(NC(=O)CSc2nnc(-c3ccccc3)c(-c3ccccc3)n2)CCS(=O)(=O)C1. The molecule has 1 amide bonds. The van der Waals surface area contributed by atoms with Gasteiger partial charge in [0.15, 0.2) is 9.84 Å². The van der Waals surface area contributed by atoms with Crippen LogP contribution in [-0.2, 0) is 14.6 Å². The molecule has 1 aromatic heterocycles. The molecule has 0 saturated carbocycles. The van der Waals surface area contributed by atoms with Crippen LogP contribution < -0.4 is 5.32 Å². The molecule has 3 aromatic rings. The highest BCUT2D eigenvalue weighted by atomic mass is 32.2. The molecule has 2 heterocycles. The summed E-state index contributed by atoms with van der Waals surface area (Å²) in [7, 11) is -3.09. The smallest absolute Gasteiger partial charge is 0.230 e. The van der Waals surface area contributed by atoms with Crippen molar-refractivity contribution in [3.63, 3.8) is 0 Å². The molecule has 1 saturated heterocycles. The highest BCUT2D eigenvalue weighted by Gasteiger charge is 2.39. The van der Waals surface area contributed by atoms with Gasteiger partial charge >= 0.3 is 0 Å². The predicted octanol–water partition coefficient (Wildman–Crippen LogP) is 2.99. The van der Waals surface area contributed by atoms with Crippen LogP contribution in [0, 0.1) is 0 Å². The van der Waals surface area contributed by atoms with Gasteiger partial charge in [-0.25, -0.2) is 13.4 Å². The number of hydrogen-bond donors (Lipinski definition) is 1. The van der Waals surface area contributed by atoms with Crippen molar-refractivity contribution >= 4 is 27.5 Å². The minimum absolute atomic E-state index is 0.0294. The van der Waals surface area contributed by atoms with Crippen molar-refractivity contribution in [2.75, 3.05) is 17.3 Å². The second-order valence-electron chi connectivity index (χ2n) is 7.76. The van der Waals surface area contributed by atoms with Gasteiger partial charge in [-0.15, -0.1) is 10.2 Å². The monoisotopic (exact) mass is 454 g/mol. The topological polar surface area (TPSA) is 102 Å². The zero-order chi connectivity index (χ0) is 21.9. The van der Waals surface area contributed by atoms with Crippen molar-refractivity contribution in [1.82, 2.24) is 20.5 Å². The number of rotatable bonds is 6. The number of thioether (sulfide) groups is 1. The van der Waals surface area contributed by atoms with E-state index in [9.17, 15) is 13.2 Å². The van der Waals surface area contributed by atoms with Gasteiger partial charge in [-0.2, -0.15) is 0 Å². The number of sulfone groups is 1. The minimum Gasteiger partial charge on any atom is -0.349 e. The van der Waals surface area contributed by atoms with Crippen LogP contribution in [0.1, 0.15) is 13.3 Å². The average Bonchev–Trinajstić information content (AvgIpc) is 3.05. The lowest BCUT2D eigenvalue weighted by Crippen LogP contribution is -2.47. The lowest BCUT2D eigenvalue weighted by Gasteiger charge is -2.23. The highest BCUT2D eigenvalue weighted by Crippen LogP contribution is 2.30. The maximum Gasteiger partial charge on any atom is 0.230 e. The lowest BCUT2D eigenvalue weighted by atomic mass is 10.0. The fraction of sp³-hybridized carbons (Fsp3) is 0.273. The molecule has 1 fully saturated rings. The first kappa shape index (κ1) is 21.5. The van der Waals surface area contributed by atoms with Gasteiger partial charge in [0.25, 0.3) is 0 Å². The number of hydrogen-bond acceptors (Lipinski definition) is 7. The average molecular weight is 455 g/mol. The van der Waals surface area contributed by atoms with Crippen LogP contribution in [0.3, 0.4) is 0 Å². The van der Waals surface area contributed by atoms with Crippen LogP contribution in [0.25, 0.3) is 22.5 Å². The Kier molecular flexibility index (Phi) is 6.06. The van der Waals surface area contributed by atoms with Crippen molar-refractivity contribution in [1.29, 1.82) is 0 Å². The highest BCUT2D eigenvalue weighted by molar-refractivity contribution is 7.99. The third-order valence-corrected chi connectivity index (χ3v) is 7.78. The summed E-state index contributed by atoms with van der Waals surface area (Å²) in [5.41, 5.74) is 2.46. The van der Waals surface area contributed by atoms with Crippen LogP contribution in [-0.4, -0.2) is 52.3 Å². The minimum atomic E-state index is -3.09. The molecule has 1 aliphatic heterocycles. The Morgan fingerprint density at radius 1 is 1.00 bits per heavy atom. The van der Waals surface area contributed by atoms with E-state index in [1.165, 1.54) is 11.8 Å². The first-order chi connectivity index (χ1) is 14.8. The van der Waals surface area contributed by atoms with Gasteiger partial charge in [0.2, 0.25) is 11.1 Å². The number of nitrogens with one attached hydrogen (secondary N) is 1. The Morgan fingerprint density at radius 3 is 2.19 bits per heavy atom. The fourth-order valence-electron chi connectivity index (χ4n) is 3.57. The van der Waals surface area contributed by atoms with Gasteiger partial charge in [-0.1, -0.05) is 72.4 Å². The fourth-order valence-corrected chi connectivity index (χ4v) is 6.25. The molecule has 7 nitrogen and oxygen atoms in total. The van der Waals surface area contributed by atoms with Crippen LogP contribution in [0.4, 0.5) is 0 Å². The van der Waals surface area contributed by atoms with E-state index in [2.05, 4.69) is 20.5 Å². The van der Waals surface area contributed by atoms with Crippen molar-refractivity contribution < 1.29 is 13.2 Å². The molecule has 1 N–H and O–H groups in total. The van der Waals surface area contributed by atoms with E-state index in [-0.39, 0.29) is 23.2 Å². The molecular formula is C22H22N4O3S2. The molecule has 0 spiro atoms. The van der Waals surface area contributed by atoms with Gasteiger partial charge < -0.3 is 5.32 Å². The molecule has 0 radical (unpaired) electrons. The first-order valence-corrected chi connectivity index (χ1v) is 12.6. The van der Waals surface area contributed by atoms with E-state index in [4.69, 9.17) is 0 Å². The largest absolute Gasteiger partial charge is 0.349 e. The zero-order valence-electron chi connectivity index (χ0n) is 17.0. The molecular weight excluding hydrogens is 432 g/mol. The van der Waals surface area contributed by atoms with Gasteiger partial charge in [0.1, 0.15) is 11.4 Å². The summed E-state index contributed by atoms with van der Waals surface area (Å²) in [6.45, 7) is 1.76. The first-order valence-electron chi connectivity index (χ1n) is 9.83. The molecule has 1 atom stereocenters. The Bertz CT molecular complexity index is 1190. The molecule has 2 aromatic carbocycles. The molecule has 9 heteroatoms. The Morgan fingerprint density at radius 2 is 1.61 bits per heavy atom. The molecule has 0 unspecified atom stereocenters. The summed E-state index contributed by atoms with van der Waals surface area (Å²) in [5, 5.41) is 11.8. The molecule has 4 rings (SSSR count). The molecule has 0 bridgehead atoms. The summed E-state index contributed by atoms with van der Waals surface area (Å²) in [6.07, 6.45) is 0.424. The number of carbonyl (C=O) groups is 1. The third-order valence-electron chi connectivity index (χ3n) is 5.04. The predicted molar refractivity (Wildman–Crippen MR) is 121 cm³/mol. The van der Waals surface area contributed by atoms with Gasteiger partial charge in [0.05, 0.1) is 22.8 Å². The van der Waals surface area contributed by atoms with E-state index < -0.39 is 15.4 Å². The standard InChI is InChI=1S/C22H22N4O3S2/c1-22(12-13-31(28,29)15-22)24-18(27)14-30-21-23-19(16-8-4-2-5-9-16)20(25-26-21)17-10-6-3-7-11-17/h2-11H,12-15H2,1H3,(H,24,27)/t22-/m0/s1. The van der Waals surface area contributed by atoms with Crippen LogP contribution in [0.5, 0.6) is 0 Å². The number of nitrogens with zero attached hydrogens (tertiary/aromatic N) is 3. The zero-order valence-corrected chi connectivity index (χ0v) is 18.6. The van der Waals surface area contributed by atoms with E-state index in [0.29, 0.717) is 23.0 Å². The van der Waals surface area contributed by atoms with Gasteiger partial charge in [-0.05, 0) is 13.3 Å². The summed E-state index contributed by atoms with van der Waals surface area (Å²) in [4.78, 5) is 17.1. The third kappa shape index (κ3) is 5.29. The van der Waals surface area contributed by atoms with Crippen LogP contribution in [0.2, 0.25) is 0 Å². The van der Waals surface area contributed by atoms with Crippen LogP contribution in [0.15, 0.2) is 65.8 Å². The molecule has 0 aliphatic carbocycles. The Hall–Kier alpha value is -2.78. The Labute approximate surface area is 185 Å². The second-order valence-corrected chi connectivity index (χ2v) is 10.9. The van der Waals surface area contributed by atoms with Crippen molar-refractivity contribution in [3.05, 3.63) is 60.7 Å². The van der Waals surface area contributed by atoms with E-state index in [1.807, 2.05) is 60.7 Å². The van der Waals surface area contributed by atoms with E-state index >= 15 is 0 Å².